The molecule has 5 nitrogen and oxygen atoms in total. The average Bonchev–Trinajstić information content (AvgIpc) is 2.39. The minimum Gasteiger partial charge on any atom is -0.372 e. The van der Waals surface area contributed by atoms with E-state index in [1.54, 1.807) is 12.1 Å². The van der Waals surface area contributed by atoms with Gasteiger partial charge in [-0.25, -0.2) is 0 Å². The molecule has 1 aromatic carbocycles. The van der Waals surface area contributed by atoms with E-state index in [9.17, 15) is 10.1 Å². The Bertz CT molecular complexity index is 383. The van der Waals surface area contributed by atoms with Crippen molar-refractivity contribution in [3.05, 3.63) is 34.4 Å². The number of hydrogen-bond acceptors (Lipinski definition) is 4. The lowest BCUT2D eigenvalue weighted by Crippen LogP contribution is -2.35. The van der Waals surface area contributed by atoms with E-state index in [0.717, 1.165) is 38.2 Å². The molecule has 0 saturated carbocycles. The average molecular weight is 235 g/mol. The number of piperidine rings is 1. The van der Waals surface area contributed by atoms with Crippen LogP contribution in [0.2, 0.25) is 0 Å². The quantitative estimate of drug-likeness (QED) is 0.640. The second kappa shape index (κ2) is 5.14. The van der Waals surface area contributed by atoms with Gasteiger partial charge in [-0.05, 0) is 37.4 Å². The molecule has 0 amide bonds. The van der Waals surface area contributed by atoms with Gasteiger partial charge in [0.2, 0.25) is 0 Å². The lowest BCUT2D eigenvalue weighted by molar-refractivity contribution is -0.384. The first kappa shape index (κ1) is 11.9. The monoisotopic (exact) mass is 235 g/mol. The van der Waals surface area contributed by atoms with E-state index in [1.165, 1.54) is 0 Å². The zero-order valence-electron chi connectivity index (χ0n) is 9.71. The topological polar surface area (TPSA) is 72.4 Å². The van der Waals surface area contributed by atoms with Crippen LogP contribution in [0.1, 0.15) is 12.8 Å². The van der Waals surface area contributed by atoms with Gasteiger partial charge in [-0.15, -0.1) is 0 Å². The number of nitro groups is 1. The van der Waals surface area contributed by atoms with Gasteiger partial charge in [0.15, 0.2) is 0 Å². The van der Waals surface area contributed by atoms with E-state index in [-0.39, 0.29) is 10.6 Å². The summed E-state index contributed by atoms with van der Waals surface area (Å²) < 4.78 is 0. The molecule has 17 heavy (non-hydrogen) atoms. The molecule has 0 spiro atoms. The second-order valence-electron chi connectivity index (χ2n) is 4.44. The van der Waals surface area contributed by atoms with Gasteiger partial charge in [-0.1, -0.05) is 0 Å². The summed E-state index contributed by atoms with van der Waals surface area (Å²) in [7, 11) is 0. The summed E-state index contributed by atoms with van der Waals surface area (Å²) in [5.74, 6) is 0.629. The van der Waals surface area contributed by atoms with Crippen LogP contribution in [0.3, 0.4) is 0 Å². The molecular formula is C12H17N3O2. The first-order valence-corrected chi connectivity index (χ1v) is 5.90. The maximum absolute atomic E-state index is 10.5. The Kier molecular flexibility index (Phi) is 3.58. The van der Waals surface area contributed by atoms with Crippen LogP contribution in [0.15, 0.2) is 24.3 Å². The molecule has 1 saturated heterocycles. The third-order valence-electron chi connectivity index (χ3n) is 3.37. The van der Waals surface area contributed by atoms with E-state index < -0.39 is 0 Å². The number of non-ortho nitro benzene ring substituents is 1. The Morgan fingerprint density at radius 2 is 1.88 bits per heavy atom. The fourth-order valence-corrected chi connectivity index (χ4v) is 2.21. The van der Waals surface area contributed by atoms with Crippen LogP contribution in [0.25, 0.3) is 0 Å². The van der Waals surface area contributed by atoms with Gasteiger partial charge in [0, 0.05) is 30.9 Å². The molecule has 0 aliphatic carbocycles. The van der Waals surface area contributed by atoms with Gasteiger partial charge in [0.05, 0.1) is 4.92 Å². The number of hydrogen-bond donors (Lipinski definition) is 1. The molecule has 1 heterocycles. The van der Waals surface area contributed by atoms with Gasteiger partial charge < -0.3 is 10.6 Å². The molecule has 2 rings (SSSR count). The largest absolute Gasteiger partial charge is 0.372 e. The van der Waals surface area contributed by atoms with Crippen molar-refractivity contribution in [2.24, 2.45) is 11.7 Å². The number of rotatable bonds is 3. The normalized spacial score (nSPS) is 17.1. The highest BCUT2D eigenvalue weighted by Crippen LogP contribution is 2.24. The summed E-state index contributed by atoms with van der Waals surface area (Å²) in [6.07, 6.45) is 2.21. The van der Waals surface area contributed by atoms with Gasteiger partial charge in [-0.2, -0.15) is 0 Å². The maximum atomic E-state index is 10.5. The Morgan fingerprint density at radius 1 is 1.29 bits per heavy atom. The highest BCUT2D eigenvalue weighted by atomic mass is 16.6. The molecule has 0 bridgehead atoms. The van der Waals surface area contributed by atoms with Crippen molar-refractivity contribution in [1.29, 1.82) is 0 Å². The number of benzene rings is 1. The fourth-order valence-electron chi connectivity index (χ4n) is 2.21. The van der Waals surface area contributed by atoms with Gasteiger partial charge in [0.1, 0.15) is 0 Å². The van der Waals surface area contributed by atoms with Gasteiger partial charge in [0.25, 0.3) is 5.69 Å². The Morgan fingerprint density at radius 3 is 2.35 bits per heavy atom. The molecule has 0 aromatic heterocycles. The fraction of sp³-hybridized carbons (Fsp3) is 0.500. The van der Waals surface area contributed by atoms with Crippen molar-refractivity contribution >= 4 is 11.4 Å². The molecule has 1 aliphatic rings. The van der Waals surface area contributed by atoms with Crippen molar-refractivity contribution in [3.8, 4) is 0 Å². The molecule has 5 heteroatoms. The van der Waals surface area contributed by atoms with Crippen LogP contribution >= 0.6 is 0 Å². The number of anilines is 1. The van der Waals surface area contributed by atoms with Crippen LogP contribution < -0.4 is 10.6 Å². The highest BCUT2D eigenvalue weighted by Gasteiger charge is 2.18. The van der Waals surface area contributed by atoms with E-state index in [4.69, 9.17) is 5.73 Å². The minimum atomic E-state index is -0.371. The minimum absolute atomic E-state index is 0.144. The molecule has 0 radical (unpaired) electrons. The van der Waals surface area contributed by atoms with Crippen LogP contribution in [-0.4, -0.2) is 24.6 Å². The zero-order valence-corrected chi connectivity index (χ0v) is 9.71. The Labute approximate surface area is 100 Å². The SMILES string of the molecule is NCC1CCN(c2ccc([N+](=O)[O-])cc2)CC1. The number of nitro benzene ring substituents is 1. The zero-order chi connectivity index (χ0) is 12.3. The van der Waals surface area contributed by atoms with Crippen molar-refractivity contribution in [3.63, 3.8) is 0 Å². The third-order valence-corrected chi connectivity index (χ3v) is 3.37. The number of nitrogens with two attached hydrogens (primary N) is 1. The van der Waals surface area contributed by atoms with Crippen molar-refractivity contribution in [1.82, 2.24) is 0 Å². The van der Waals surface area contributed by atoms with E-state index in [1.807, 2.05) is 12.1 Å². The van der Waals surface area contributed by atoms with Crippen LogP contribution in [0, 0.1) is 16.0 Å². The van der Waals surface area contributed by atoms with Crippen LogP contribution in [-0.2, 0) is 0 Å². The van der Waals surface area contributed by atoms with Crippen LogP contribution in [0.5, 0.6) is 0 Å². The van der Waals surface area contributed by atoms with Gasteiger partial charge >= 0.3 is 0 Å². The standard InChI is InChI=1S/C12H17N3O2/c13-9-10-5-7-14(8-6-10)11-1-3-12(4-2-11)15(16)17/h1-4,10H,5-9,13H2. The molecule has 1 fully saturated rings. The Balaban J connectivity index is 2.01. The van der Waals surface area contributed by atoms with Crippen molar-refractivity contribution in [2.45, 2.75) is 12.8 Å². The summed E-state index contributed by atoms with van der Waals surface area (Å²) in [5.41, 5.74) is 6.85. The van der Waals surface area contributed by atoms with Crippen molar-refractivity contribution < 1.29 is 4.92 Å². The lowest BCUT2D eigenvalue weighted by atomic mass is 9.97. The molecular weight excluding hydrogens is 218 g/mol. The summed E-state index contributed by atoms with van der Waals surface area (Å²) >= 11 is 0. The predicted molar refractivity (Wildman–Crippen MR) is 67.1 cm³/mol. The summed E-state index contributed by atoms with van der Waals surface area (Å²) in [4.78, 5) is 12.4. The van der Waals surface area contributed by atoms with Crippen LogP contribution in [0.4, 0.5) is 11.4 Å². The molecule has 0 atom stereocenters. The first-order chi connectivity index (χ1) is 8.20. The molecule has 2 N–H and O–H groups in total. The Hall–Kier alpha value is -1.62. The second-order valence-corrected chi connectivity index (χ2v) is 4.44. The third kappa shape index (κ3) is 2.74. The number of nitrogens with zero attached hydrogens (tertiary/aromatic N) is 2. The highest BCUT2D eigenvalue weighted by molar-refractivity contribution is 5.51. The lowest BCUT2D eigenvalue weighted by Gasteiger charge is -2.33. The van der Waals surface area contributed by atoms with Crippen molar-refractivity contribution in [2.75, 3.05) is 24.5 Å². The molecule has 1 aromatic rings. The molecule has 92 valence electrons. The smallest absolute Gasteiger partial charge is 0.269 e. The summed E-state index contributed by atoms with van der Waals surface area (Å²) in [6.45, 7) is 2.73. The van der Waals surface area contributed by atoms with E-state index >= 15 is 0 Å². The van der Waals surface area contributed by atoms with E-state index in [2.05, 4.69) is 4.90 Å². The summed E-state index contributed by atoms with van der Waals surface area (Å²) in [5, 5.41) is 10.5. The molecule has 1 aliphatic heterocycles. The first-order valence-electron chi connectivity index (χ1n) is 5.90. The predicted octanol–water partition coefficient (Wildman–Crippen LogP) is 1.77. The van der Waals surface area contributed by atoms with E-state index in [0.29, 0.717) is 5.92 Å². The molecule has 0 unspecified atom stereocenters. The van der Waals surface area contributed by atoms with Gasteiger partial charge in [-0.3, -0.25) is 10.1 Å². The maximum Gasteiger partial charge on any atom is 0.269 e. The summed E-state index contributed by atoms with van der Waals surface area (Å²) in [6, 6.07) is 6.76.